The van der Waals surface area contributed by atoms with Gasteiger partial charge in [0.1, 0.15) is 19.3 Å². The highest BCUT2D eigenvalue weighted by Crippen LogP contribution is 2.45. The zero-order chi connectivity index (χ0) is 72.8. The van der Waals surface area contributed by atoms with Crippen LogP contribution in [0.3, 0.4) is 0 Å². The van der Waals surface area contributed by atoms with Gasteiger partial charge in [0.15, 0.2) is 12.2 Å². The van der Waals surface area contributed by atoms with Crippen LogP contribution in [-0.2, 0) is 65.4 Å². The van der Waals surface area contributed by atoms with Crippen LogP contribution in [0.4, 0.5) is 0 Å². The summed E-state index contributed by atoms with van der Waals surface area (Å²) >= 11 is 0. The lowest BCUT2D eigenvalue weighted by Crippen LogP contribution is -2.30. The van der Waals surface area contributed by atoms with Gasteiger partial charge in [-0.3, -0.25) is 37.3 Å². The number of rotatable bonds is 79. The van der Waals surface area contributed by atoms with Crippen molar-refractivity contribution in [1.29, 1.82) is 0 Å². The highest BCUT2D eigenvalue weighted by atomic mass is 31.2. The second-order valence-electron chi connectivity index (χ2n) is 29.5. The molecule has 0 saturated carbocycles. The molecule has 3 N–H and O–H groups in total. The number of esters is 4. The Balaban J connectivity index is 5.27. The van der Waals surface area contributed by atoms with Crippen LogP contribution >= 0.6 is 15.6 Å². The monoisotopic (exact) mass is 1450 g/mol. The van der Waals surface area contributed by atoms with Crippen molar-refractivity contribution in [3.8, 4) is 0 Å². The Labute approximate surface area is 607 Å². The summed E-state index contributed by atoms with van der Waals surface area (Å²) in [6.07, 6.45) is 60.8. The summed E-state index contributed by atoms with van der Waals surface area (Å²) in [5.41, 5.74) is 0. The molecule has 0 amide bonds. The average molecular weight is 1450 g/mol. The number of phosphoric ester groups is 2. The standard InChI is InChI=1S/C80H156O17P2/c1-7-10-12-14-16-18-20-22-23-24-28-32-39-45-51-57-63-78(83)91-68-75(96-79(84)64-58-52-46-40-33-29-26-25-27-30-36-42-48-54-60-72(4)5)70-94-98(86,87)92-66-74(81)67-93-99(88,89)95-71-76(69-90-77(82)62-56-50-44-38-31-21-19-17-15-13-11-8-2)97-80(85)65-59-53-47-41-35-34-37-43-49-55-61-73(6)9-3/h72-76,81H,7-71H2,1-6H3,(H,86,87)(H,88,89)/t73?,74-,75-,76-/m1/s1. The molecule has 0 aliphatic heterocycles. The second-order valence-corrected chi connectivity index (χ2v) is 32.4. The van der Waals surface area contributed by atoms with Gasteiger partial charge in [-0.2, -0.15) is 0 Å². The lowest BCUT2D eigenvalue weighted by atomic mass is 9.99. The first-order valence-corrected chi connectivity index (χ1v) is 44.5. The molecule has 0 aliphatic carbocycles. The Morgan fingerprint density at radius 1 is 0.293 bits per heavy atom. The number of aliphatic hydroxyl groups excluding tert-OH is 1. The summed E-state index contributed by atoms with van der Waals surface area (Å²) < 4.78 is 68.7. The van der Waals surface area contributed by atoms with Gasteiger partial charge in [0.25, 0.3) is 0 Å². The molecule has 0 fully saturated rings. The quantitative estimate of drug-likeness (QED) is 0.0222. The molecule has 0 rings (SSSR count). The van der Waals surface area contributed by atoms with Crippen LogP contribution in [0, 0.1) is 11.8 Å². The van der Waals surface area contributed by atoms with E-state index in [0.717, 1.165) is 102 Å². The number of hydrogen-bond acceptors (Lipinski definition) is 15. The van der Waals surface area contributed by atoms with Gasteiger partial charge in [0.2, 0.25) is 0 Å². The summed E-state index contributed by atoms with van der Waals surface area (Å²) in [7, 11) is -9.92. The predicted octanol–water partition coefficient (Wildman–Crippen LogP) is 23.9. The molecule has 0 aliphatic rings. The van der Waals surface area contributed by atoms with E-state index >= 15 is 0 Å². The first-order chi connectivity index (χ1) is 47.9. The largest absolute Gasteiger partial charge is 0.472 e. The minimum atomic E-state index is -4.96. The number of aliphatic hydroxyl groups is 1. The molecule has 588 valence electrons. The summed E-state index contributed by atoms with van der Waals surface area (Å²) in [5.74, 6) is -0.509. The SMILES string of the molecule is CCCCCCCCCCCCCCCCCCC(=O)OC[C@H](COP(=O)(O)OC[C@@H](O)COP(=O)(O)OC[C@@H](COC(=O)CCCCCCCCCCCCCC)OC(=O)CCCCCCCCCCCCC(C)CC)OC(=O)CCCCCCCCCCCCCCCCC(C)C. The van der Waals surface area contributed by atoms with Crippen LogP contribution < -0.4 is 0 Å². The summed E-state index contributed by atoms with van der Waals surface area (Å²) in [4.78, 5) is 73.0. The van der Waals surface area contributed by atoms with Crippen molar-refractivity contribution in [2.75, 3.05) is 39.6 Å². The molecule has 0 aromatic rings. The Bertz CT molecular complexity index is 1910. The molecule has 3 unspecified atom stereocenters. The molecule has 19 heteroatoms. The van der Waals surface area contributed by atoms with Gasteiger partial charge in [0, 0.05) is 25.7 Å². The van der Waals surface area contributed by atoms with Crippen molar-refractivity contribution in [3.63, 3.8) is 0 Å². The van der Waals surface area contributed by atoms with Crippen molar-refractivity contribution >= 4 is 39.5 Å². The van der Waals surface area contributed by atoms with E-state index in [-0.39, 0.29) is 25.7 Å². The molecule has 6 atom stereocenters. The van der Waals surface area contributed by atoms with E-state index < -0.39 is 97.5 Å². The molecule has 0 aromatic carbocycles. The Hall–Kier alpha value is -1.94. The van der Waals surface area contributed by atoms with Crippen LogP contribution in [0.25, 0.3) is 0 Å². The van der Waals surface area contributed by atoms with Gasteiger partial charge in [-0.1, -0.05) is 369 Å². The fourth-order valence-corrected chi connectivity index (χ4v) is 13.9. The van der Waals surface area contributed by atoms with Gasteiger partial charge in [0.05, 0.1) is 26.4 Å². The minimum absolute atomic E-state index is 0.107. The van der Waals surface area contributed by atoms with Gasteiger partial charge < -0.3 is 33.8 Å². The zero-order valence-corrected chi connectivity index (χ0v) is 66.6. The number of carbonyl (C=O) groups is 4. The van der Waals surface area contributed by atoms with E-state index in [1.165, 1.54) is 238 Å². The van der Waals surface area contributed by atoms with Crippen molar-refractivity contribution in [2.45, 2.75) is 439 Å². The molecular weight excluding hydrogens is 1290 g/mol. The third-order valence-corrected chi connectivity index (χ3v) is 21.0. The number of ether oxygens (including phenoxy) is 4. The van der Waals surface area contributed by atoms with Crippen LogP contribution in [0.1, 0.15) is 420 Å². The van der Waals surface area contributed by atoms with Gasteiger partial charge in [-0.25, -0.2) is 9.13 Å². The van der Waals surface area contributed by atoms with E-state index in [1.54, 1.807) is 0 Å². The lowest BCUT2D eigenvalue weighted by molar-refractivity contribution is -0.161. The topological polar surface area (TPSA) is 237 Å². The first kappa shape index (κ1) is 97.1. The highest BCUT2D eigenvalue weighted by Gasteiger charge is 2.30. The van der Waals surface area contributed by atoms with E-state index in [1.807, 2.05) is 0 Å². The summed E-state index contributed by atoms with van der Waals surface area (Å²) in [5, 5.41) is 10.6. The zero-order valence-electron chi connectivity index (χ0n) is 64.8. The fourth-order valence-electron chi connectivity index (χ4n) is 12.3. The van der Waals surface area contributed by atoms with Crippen LogP contribution in [0.5, 0.6) is 0 Å². The molecule has 0 bridgehead atoms. The number of phosphoric acid groups is 2. The van der Waals surface area contributed by atoms with Crippen molar-refractivity contribution in [1.82, 2.24) is 0 Å². The van der Waals surface area contributed by atoms with E-state index in [4.69, 9.17) is 37.0 Å². The van der Waals surface area contributed by atoms with Crippen LogP contribution in [0.2, 0.25) is 0 Å². The third-order valence-electron chi connectivity index (χ3n) is 19.1. The molecule has 17 nitrogen and oxygen atoms in total. The fraction of sp³-hybridized carbons (Fsp3) is 0.950. The predicted molar refractivity (Wildman–Crippen MR) is 405 cm³/mol. The highest BCUT2D eigenvalue weighted by molar-refractivity contribution is 7.47. The number of carbonyl (C=O) groups excluding carboxylic acids is 4. The molecule has 0 saturated heterocycles. The van der Waals surface area contributed by atoms with Crippen molar-refractivity contribution < 1.29 is 80.2 Å². The third kappa shape index (κ3) is 72.8. The smallest absolute Gasteiger partial charge is 0.462 e. The molecule has 0 radical (unpaired) electrons. The normalized spacial score (nSPS) is 14.2. The van der Waals surface area contributed by atoms with Gasteiger partial charge in [-0.15, -0.1) is 0 Å². The number of unbranched alkanes of at least 4 members (excludes halogenated alkanes) is 48. The Morgan fingerprint density at radius 2 is 0.515 bits per heavy atom. The van der Waals surface area contributed by atoms with E-state index in [9.17, 15) is 43.2 Å². The Morgan fingerprint density at radius 3 is 0.768 bits per heavy atom. The first-order valence-electron chi connectivity index (χ1n) is 41.5. The maximum atomic E-state index is 13.1. The van der Waals surface area contributed by atoms with Gasteiger partial charge in [-0.05, 0) is 37.5 Å². The lowest BCUT2D eigenvalue weighted by Gasteiger charge is -2.21. The van der Waals surface area contributed by atoms with E-state index in [0.29, 0.717) is 25.7 Å². The van der Waals surface area contributed by atoms with Crippen molar-refractivity contribution in [3.05, 3.63) is 0 Å². The molecule has 0 heterocycles. The minimum Gasteiger partial charge on any atom is -0.462 e. The summed E-state index contributed by atoms with van der Waals surface area (Å²) in [6.45, 7) is 9.68. The molecule has 0 aromatic heterocycles. The van der Waals surface area contributed by atoms with Crippen molar-refractivity contribution in [2.24, 2.45) is 11.8 Å². The van der Waals surface area contributed by atoms with Crippen LogP contribution in [0.15, 0.2) is 0 Å². The molecule has 0 spiro atoms. The molecular formula is C80H156O17P2. The Kier molecular flexibility index (Phi) is 70.3. The summed E-state index contributed by atoms with van der Waals surface area (Å²) in [6, 6.07) is 0. The maximum absolute atomic E-state index is 13.1. The maximum Gasteiger partial charge on any atom is 0.472 e. The number of hydrogen-bond donors (Lipinski definition) is 3. The van der Waals surface area contributed by atoms with Gasteiger partial charge >= 0.3 is 39.5 Å². The molecule has 99 heavy (non-hydrogen) atoms. The van der Waals surface area contributed by atoms with E-state index in [2.05, 4.69) is 41.5 Å². The second kappa shape index (κ2) is 71.7. The van der Waals surface area contributed by atoms with Crippen LogP contribution in [-0.4, -0.2) is 96.7 Å². The average Bonchev–Trinajstić information content (AvgIpc) is 1.39.